The minimum Gasteiger partial charge on any atom is -0.491 e. The lowest BCUT2D eigenvalue weighted by molar-refractivity contribution is 0.321. The van der Waals surface area contributed by atoms with E-state index in [1.54, 1.807) is 31.2 Å². The first-order chi connectivity index (χ1) is 9.60. The second-order valence-corrected chi connectivity index (χ2v) is 5.08. The van der Waals surface area contributed by atoms with Gasteiger partial charge in [-0.05, 0) is 31.2 Å². The highest BCUT2D eigenvalue weighted by Crippen LogP contribution is 2.22. The Balaban J connectivity index is 2.05. The Kier molecular flexibility index (Phi) is 4.95. The highest BCUT2D eigenvalue weighted by atomic mass is 79.9. The first-order valence-corrected chi connectivity index (χ1v) is 6.99. The van der Waals surface area contributed by atoms with Crippen molar-refractivity contribution in [3.8, 4) is 5.75 Å². The van der Waals surface area contributed by atoms with Crippen molar-refractivity contribution in [2.24, 2.45) is 0 Å². The Morgan fingerprint density at radius 2 is 1.90 bits per heavy atom. The van der Waals surface area contributed by atoms with Gasteiger partial charge in [0.05, 0.1) is 6.61 Å². The standard InChI is InChI=1S/C15H14BrF2NO/c1-2-20-15-6-5-12(8-14(15)18)19-9-10-3-4-11(16)7-13(10)17/h3-8,19H,2,9H2,1H3. The fourth-order valence-corrected chi connectivity index (χ4v) is 2.08. The summed E-state index contributed by atoms with van der Waals surface area (Å²) in [7, 11) is 0. The molecule has 0 heterocycles. The molecular weight excluding hydrogens is 328 g/mol. The fraction of sp³-hybridized carbons (Fsp3) is 0.200. The molecule has 0 aromatic heterocycles. The predicted molar refractivity (Wildman–Crippen MR) is 79.0 cm³/mol. The molecule has 1 N–H and O–H groups in total. The van der Waals surface area contributed by atoms with Crippen LogP contribution in [0.4, 0.5) is 14.5 Å². The number of hydrogen-bond donors (Lipinski definition) is 1. The Morgan fingerprint density at radius 3 is 2.55 bits per heavy atom. The highest BCUT2D eigenvalue weighted by Gasteiger charge is 2.06. The fourth-order valence-electron chi connectivity index (χ4n) is 1.75. The average molecular weight is 342 g/mol. The smallest absolute Gasteiger partial charge is 0.167 e. The second kappa shape index (κ2) is 6.70. The Bertz CT molecular complexity index is 604. The molecule has 0 aliphatic carbocycles. The molecule has 0 radical (unpaired) electrons. The minimum absolute atomic E-state index is 0.216. The number of ether oxygens (including phenoxy) is 1. The monoisotopic (exact) mass is 341 g/mol. The third-order valence-corrected chi connectivity index (χ3v) is 3.22. The predicted octanol–water partition coefficient (Wildman–Crippen LogP) is 4.74. The van der Waals surface area contributed by atoms with Crippen LogP contribution in [0, 0.1) is 11.6 Å². The number of hydrogen-bond acceptors (Lipinski definition) is 2. The molecule has 5 heteroatoms. The third kappa shape index (κ3) is 3.70. The number of anilines is 1. The van der Waals surface area contributed by atoms with E-state index in [0.29, 0.717) is 22.3 Å². The molecule has 0 amide bonds. The maximum atomic E-state index is 13.6. The van der Waals surface area contributed by atoms with Crippen LogP contribution >= 0.6 is 15.9 Å². The summed E-state index contributed by atoms with van der Waals surface area (Å²) in [5.74, 6) is -0.528. The van der Waals surface area contributed by atoms with Gasteiger partial charge in [0.25, 0.3) is 0 Å². The van der Waals surface area contributed by atoms with Crippen LogP contribution in [0.25, 0.3) is 0 Å². The molecule has 0 unspecified atom stereocenters. The zero-order valence-electron chi connectivity index (χ0n) is 10.9. The minimum atomic E-state index is -0.437. The summed E-state index contributed by atoms with van der Waals surface area (Å²) >= 11 is 3.20. The zero-order chi connectivity index (χ0) is 14.5. The van der Waals surface area contributed by atoms with Gasteiger partial charge in [-0.1, -0.05) is 22.0 Å². The third-order valence-electron chi connectivity index (χ3n) is 2.73. The van der Waals surface area contributed by atoms with Gasteiger partial charge in [0.1, 0.15) is 5.82 Å². The van der Waals surface area contributed by atoms with Crippen LogP contribution in [0.1, 0.15) is 12.5 Å². The molecule has 20 heavy (non-hydrogen) atoms. The highest BCUT2D eigenvalue weighted by molar-refractivity contribution is 9.10. The van der Waals surface area contributed by atoms with Crippen LogP contribution in [0.5, 0.6) is 5.75 Å². The summed E-state index contributed by atoms with van der Waals surface area (Å²) in [4.78, 5) is 0. The SMILES string of the molecule is CCOc1ccc(NCc2ccc(Br)cc2F)cc1F. The topological polar surface area (TPSA) is 21.3 Å². The van der Waals surface area contributed by atoms with Gasteiger partial charge in [0.2, 0.25) is 0 Å². The van der Waals surface area contributed by atoms with Gasteiger partial charge >= 0.3 is 0 Å². The summed E-state index contributed by atoms with van der Waals surface area (Å²) in [6.45, 7) is 2.49. The molecule has 0 spiro atoms. The quantitative estimate of drug-likeness (QED) is 0.848. The van der Waals surface area contributed by atoms with Crippen molar-refractivity contribution in [1.82, 2.24) is 0 Å². The van der Waals surface area contributed by atoms with E-state index in [4.69, 9.17) is 4.74 Å². The van der Waals surface area contributed by atoms with Crippen LogP contribution in [0.15, 0.2) is 40.9 Å². The maximum absolute atomic E-state index is 13.6. The van der Waals surface area contributed by atoms with E-state index < -0.39 is 5.82 Å². The van der Waals surface area contributed by atoms with Crippen LogP contribution in [-0.2, 0) is 6.54 Å². The van der Waals surface area contributed by atoms with E-state index in [2.05, 4.69) is 21.2 Å². The van der Waals surface area contributed by atoms with Gasteiger partial charge in [0.15, 0.2) is 11.6 Å². The van der Waals surface area contributed by atoms with E-state index in [9.17, 15) is 8.78 Å². The van der Waals surface area contributed by atoms with E-state index in [0.717, 1.165) is 0 Å². The lowest BCUT2D eigenvalue weighted by Crippen LogP contribution is -2.03. The molecule has 2 rings (SSSR count). The van der Waals surface area contributed by atoms with Crippen molar-refractivity contribution in [2.45, 2.75) is 13.5 Å². The number of halogens is 3. The van der Waals surface area contributed by atoms with Crippen molar-refractivity contribution in [3.05, 3.63) is 58.1 Å². The van der Waals surface area contributed by atoms with E-state index in [1.807, 2.05) is 0 Å². The molecule has 0 aliphatic heterocycles. The normalized spacial score (nSPS) is 10.4. The van der Waals surface area contributed by atoms with E-state index in [1.165, 1.54) is 12.1 Å². The Hall–Kier alpha value is -1.62. The van der Waals surface area contributed by atoms with Gasteiger partial charge in [-0.25, -0.2) is 8.78 Å². The average Bonchev–Trinajstić information content (AvgIpc) is 2.41. The molecule has 106 valence electrons. The molecule has 0 atom stereocenters. The van der Waals surface area contributed by atoms with Crippen molar-refractivity contribution >= 4 is 21.6 Å². The molecule has 2 nitrogen and oxygen atoms in total. The molecule has 2 aromatic carbocycles. The summed E-state index contributed by atoms with van der Waals surface area (Å²) in [6.07, 6.45) is 0. The summed E-state index contributed by atoms with van der Waals surface area (Å²) in [5.41, 5.74) is 1.09. The largest absolute Gasteiger partial charge is 0.491 e. The lowest BCUT2D eigenvalue weighted by Gasteiger charge is -2.10. The molecule has 0 saturated heterocycles. The summed E-state index contributed by atoms with van der Waals surface area (Å²) in [6, 6.07) is 9.43. The molecule has 0 aliphatic rings. The van der Waals surface area contributed by atoms with Gasteiger partial charge in [-0.15, -0.1) is 0 Å². The first kappa shape index (κ1) is 14.8. The number of nitrogens with one attached hydrogen (secondary N) is 1. The van der Waals surface area contributed by atoms with Crippen LogP contribution < -0.4 is 10.1 Å². The van der Waals surface area contributed by atoms with Crippen LogP contribution in [0.2, 0.25) is 0 Å². The van der Waals surface area contributed by atoms with E-state index >= 15 is 0 Å². The maximum Gasteiger partial charge on any atom is 0.167 e. The van der Waals surface area contributed by atoms with E-state index in [-0.39, 0.29) is 18.1 Å². The molecular formula is C15H14BrF2NO. The summed E-state index contributed by atoms with van der Waals surface area (Å²) in [5, 5.41) is 2.98. The van der Waals surface area contributed by atoms with Gasteiger partial charge in [0, 0.05) is 28.3 Å². The van der Waals surface area contributed by atoms with Gasteiger partial charge in [-0.2, -0.15) is 0 Å². The summed E-state index contributed by atoms with van der Waals surface area (Å²) < 4.78 is 33.1. The zero-order valence-corrected chi connectivity index (χ0v) is 12.5. The first-order valence-electron chi connectivity index (χ1n) is 6.20. The molecule has 2 aromatic rings. The van der Waals surface area contributed by atoms with Crippen LogP contribution in [-0.4, -0.2) is 6.61 Å². The Morgan fingerprint density at radius 1 is 1.10 bits per heavy atom. The molecule has 0 fully saturated rings. The van der Waals surface area contributed by atoms with Gasteiger partial charge < -0.3 is 10.1 Å². The number of benzene rings is 2. The Labute approximate surface area is 124 Å². The lowest BCUT2D eigenvalue weighted by atomic mass is 10.2. The van der Waals surface area contributed by atoms with Crippen molar-refractivity contribution in [1.29, 1.82) is 0 Å². The van der Waals surface area contributed by atoms with Crippen molar-refractivity contribution in [3.63, 3.8) is 0 Å². The van der Waals surface area contributed by atoms with Crippen molar-refractivity contribution in [2.75, 3.05) is 11.9 Å². The van der Waals surface area contributed by atoms with Crippen LogP contribution in [0.3, 0.4) is 0 Å². The molecule has 0 bridgehead atoms. The second-order valence-electron chi connectivity index (χ2n) is 4.17. The number of rotatable bonds is 5. The van der Waals surface area contributed by atoms with Crippen molar-refractivity contribution < 1.29 is 13.5 Å². The van der Waals surface area contributed by atoms with Gasteiger partial charge in [-0.3, -0.25) is 0 Å². The molecule has 0 saturated carbocycles.